The monoisotopic (exact) mass is 891 g/mol. The Morgan fingerprint density at radius 2 is 0.885 bits per heavy atom. The van der Waals surface area contributed by atoms with E-state index in [4.69, 9.17) is 18.5 Å². The third kappa shape index (κ3) is 30.2. The molecule has 1 aliphatic carbocycles. The van der Waals surface area contributed by atoms with Crippen molar-refractivity contribution in [1.82, 2.24) is 0 Å². The summed E-state index contributed by atoms with van der Waals surface area (Å²) in [4.78, 5) is 35.7. The van der Waals surface area contributed by atoms with Crippen LogP contribution in [0.15, 0.2) is 24.3 Å². The number of phosphoric acid groups is 1. The van der Waals surface area contributed by atoms with Gasteiger partial charge in [-0.25, -0.2) is 4.57 Å². The van der Waals surface area contributed by atoms with Gasteiger partial charge in [0.1, 0.15) is 43.2 Å². The molecular weight excluding hydrogens is 803 g/mol. The first-order valence-corrected chi connectivity index (χ1v) is 25.6. The second kappa shape index (κ2) is 37.7. The van der Waals surface area contributed by atoms with Crippen LogP contribution >= 0.6 is 7.82 Å². The van der Waals surface area contributed by atoms with Gasteiger partial charge in [-0.2, -0.15) is 0 Å². The van der Waals surface area contributed by atoms with Gasteiger partial charge in [0.25, 0.3) is 0 Å². The van der Waals surface area contributed by atoms with E-state index in [2.05, 4.69) is 38.2 Å². The summed E-state index contributed by atoms with van der Waals surface area (Å²) in [6.07, 6.45) is 28.0. The van der Waals surface area contributed by atoms with Gasteiger partial charge in [0.15, 0.2) is 6.10 Å². The van der Waals surface area contributed by atoms with Crippen molar-refractivity contribution in [2.24, 2.45) is 0 Å². The van der Waals surface area contributed by atoms with Crippen LogP contribution in [0.5, 0.6) is 0 Å². The molecule has 1 rings (SSSR count). The lowest BCUT2D eigenvalue weighted by atomic mass is 9.85. The van der Waals surface area contributed by atoms with Gasteiger partial charge in [-0.15, -0.1) is 0 Å². The van der Waals surface area contributed by atoms with E-state index in [-0.39, 0.29) is 12.8 Å². The van der Waals surface area contributed by atoms with Crippen LogP contribution in [-0.2, 0) is 32.7 Å². The molecule has 6 N–H and O–H groups in total. The normalized spacial score (nSPS) is 22.2. The highest BCUT2D eigenvalue weighted by atomic mass is 31.2. The van der Waals surface area contributed by atoms with Crippen molar-refractivity contribution < 1.29 is 63.1 Å². The number of allylic oxidation sites excluding steroid dienone is 4. The minimum atomic E-state index is -5.12. The largest absolute Gasteiger partial charge is 0.472 e. The molecule has 1 aliphatic rings. The quantitative estimate of drug-likeness (QED) is 0.0147. The van der Waals surface area contributed by atoms with Crippen LogP contribution in [0.25, 0.3) is 0 Å². The smallest absolute Gasteiger partial charge is 0.462 e. The second-order valence-electron chi connectivity index (χ2n) is 17.0. The molecule has 61 heavy (non-hydrogen) atoms. The molecule has 13 nitrogen and oxygen atoms in total. The lowest BCUT2D eigenvalue weighted by Gasteiger charge is -2.41. The molecule has 6 unspecified atom stereocenters. The fourth-order valence-electron chi connectivity index (χ4n) is 7.38. The van der Waals surface area contributed by atoms with Crippen molar-refractivity contribution in [1.29, 1.82) is 0 Å². The second-order valence-corrected chi connectivity index (χ2v) is 18.4. The SMILES string of the molecule is CCCCC/C=C\C/C=C\CCCCCCCCCCCC(=O)O[C@H](COC(=O)CCCCCCCCCCCCCCC)COP(=O)(O)OC1C(O)C(O)C(O)[C@@H](O)C1O. The van der Waals surface area contributed by atoms with E-state index < -0.39 is 75.7 Å². The van der Waals surface area contributed by atoms with Crippen LogP contribution in [0, 0.1) is 0 Å². The number of carbonyl (C=O) groups excluding carboxylic acids is 2. The minimum absolute atomic E-state index is 0.0947. The molecule has 1 fully saturated rings. The fraction of sp³-hybridized carbons (Fsp3) is 0.872. The van der Waals surface area contributed by atoms with Crippen molar-refractivity contribution >= 4 is 19.8 Å². The Kier molecular flexibility index (Phi) is 35.4. The summed E-state index contributed by atoms with van der Waals surface area (Å²) < 4.78 is 33.6. The maximum Gasteiger partial charge on any atom is 0.472 e. The van der Waals surface area contributed by atoms with E-state index in [9.17, 15) is 44.6 Å². The van der Waals surface area contributed by atoms with Crippen LogP contribution in [0.1, 0.15) is 206 Å². The number of esters is 2. The summed E-state index contributed by atoms with van der Waals surface area (Å²) in [7, 11) is -5.12. The number of hydrogen-bond donors (Lipinski definition) is 6. The first-order chi connectivity index (χ1) is 29.4. The maximum atomic E-state index is 12.8. The Labute approximate surface area is 368 Å². The molecule has 0 radical (unpaired) electrons. The van der Waals surface area contributed by atoms with Crippen molar-refractivity contribution in [2.75, 3.05) is 13.2 Å². The Morgan fingerprint density at radius 3 is 1.36 bits per heavy atom. The van der Waals surface area contributed by atoms with E-state index in [0.29, 0.717) is 12.8 Å². The lowest BCUT2D eigenvalue weighted by molar-refractivity contribution is -0.220. The molecule has 0 aromatic heterocycles. The first kappa shape index (κ1) is 57.3. The summed E-state index contributed by atoms with van der Waals surface area (Å²) in [5.74, 6) is -1.10. The van der Waals surface area contributed by atoms with Gasteiger partial charge in [-0.3, -0.25) is 18.6 Å². The number of aliphatic hydroxyl groups is 5. The molecule has 0 saturated heterocycles. The summed E-state index contributed by atoms with van der Waals surface area (Å²) in [5, 5.41) is 50.2. The number of carbonyl (C=O) groups is 2. The van der Waals surface area contributed by atoms with Crippen molar-refractivity contribution in [3.05, 3.63) is 24.3 Å². The van der Waals surface area contributed by atoms with Crippen LogP contribution in [-0.4, -0.2) is 98.3 Å². The summed E-state index contributed by atoms with van der Waals surface area (Å²) in [5.41, 5.74) is 0. The molecule has 0 amide bonds. The molecule has 14 heteroatoms. The van der Waals surface area contributed by atoms with Gasteiger partial charge in [0.2, 0.25) is 0 Å². The predicted molar refractivity (Wildman–Crippen MR) is 240 cm³/mol. The number of rotatable bonds is 40. The molecule has 0 aliphatic heterocycles. The van der Waals surface area contributed by atoms with Crippen molar-refractivity contribution in [2.45, 2.75) is 249 Å². The number of hydrogen-bond acceptors (Lipinski definition) is 12. The fourth-order valence-corrected chi connectivity index (χ4v) is 8.35. The highest BCUT2D eigenvalue weighted by Gasteiger charge is 2.51. The average molecular weight is 891 g/mol. The molecule has 8 atom stereocenters. The number of phosphoric ester groups is 1. The Morgan fingerprint density at radius 1 is 0.508 bits per heavy atom. The van der Waals surface area contributed by atoms with Crippen LogP contribution in [0.2, 0.25) is 0 Å². The Hall–Kier alpha value is -1.67. The van der Waals surface area contributed by atoms with Gasteiger partial charge in [0, 0.05) is 12.8 Å². The zero-order valence-corrected chi connectivity index (χ0v) is 38.9. The molecule has 0 aromatic carbocycles. The maximum absolute atomic E-state index is 12.8. The minimum Gasteiger partial charge on any atom is -0.462 e. The topological polar surface area (TPSA) is 210 Å². The van der Waals surface area contributed by atoms with E-state index in [0.717, 1.165) is 57.8 Å². The lowest BCUT2D eigenvalue weighted by Crippen LogP contribution is -2.64. The molecule has 358 valence electrons. The Bertz CT molecular complexity index is 1170. The van der Waals surface area contributed by atoms with Crippen molar-refractivity contribution in [3.63, 3.8) is 0 Å². The summed E-state index contributed by atoms with van der Waals surface area (Å²) >= 11 is 0. The van der Waals surface area contributed by atoms with Gasteiger partial charge >= 0.3 is 19.8 Å². The van der Waals surface area contributed by atoms with Crippen LogP contribution in [0.4, 0.5) is 0 Å². The third-order valence-electron chi connectivity index (χ3n) is 11.3. The van der Waals surface area contributed by atoms with Crippen LogP contribution < -0.4 is 0 Å². The van der Waals surface area contributed by atoms with Crippen LogP contribution in [0.3, 0.4) is 0 Å². The van der Waals surface area contributed by atoms with E-state index in [1.54, 1.807) is 0 Å². The average Bonchev–Trinajstić information content (AvgIpc) is 3.24. The summed E-state index contributed by atoms with van der Waals surface area (Å²) in [6, 6.07) is 0. The van der Waals surface area contributed by atoms with E-state index in [1.807, 2.05) is 0 Å². The first-order valence-electron chi connectivity index (χ1n) is 24.1. The standard InChI is InChI=1S/C47H87O13P/c1-3-5-7-9-11-13-15-17-18-19-20-21-22-24-26-28-30-32-34-36-41(49)59-39(38-58-61(55,56)60-47-45(53)43(51)42(50)44(52)46(47)54)37-57-40(48)35-33-31-29-27-25-23-16-14-12-10-8-6-4-2/h11,13,17-18,39,42-47,50-54H,3-10,12,14-16,19-38H2,1-2H3,(H,55,56)/b13-11-,18-17-/t39-,42?,43-,44?,45?,46?,47?/m1/s1. The van der Waals surface area contributed by atoms with E-state index in [1.165, 1.54) is 109 Å². The number of aliphatic hydroxyl groups excluding tert-OH is 5. The molecule has 1 saturated carbocycles. The summed E-state index contributed by atoms with van der Waals surface area (Å²) in [6.45, 7) is 3.28. The molecule has 0 spiro atoms. The van der Waals surface area contributed by atoms with Gasteiger partial charge < -0.3 is 39.9 Å². The zero-order valence-electron chi connectivity index (χ0n) is 38.0. The highest BCUT2D eigenvalue weighted by Crippen LogP contribution is 2.47. The molecule has 0 bridgehead atoms. The predicted octanol–water partition coefficient (Wildman–Crippen LogP) is 9.62. The third-order valence-corrected chi connectivity index (χ3v) is 12.3. The van der Waals surface area contributed by atoms with Gasteiger partial charge in [-0.05, 0) is 44.9 Å². The molecule has 0 aromatic rings. The molecule has 0 heterocycles. The Balaban J connectivity index is 2.42. The van der Waals surface area contributed by atoms with E-state index >= 15 is 0 Å². The van der Waals surface area contributed by atoms with Gasteiger partial charge in [-0.1, -0.05) is 173 Å². The molecular formula is C47H87O13P. The van der Waals surface area contributed by atoms with Gasteiger partial charge in [0.05, 0.1) is 6.61 Å². The number of unbranched alkanes of at least 4 members (excludes halogenated alkanes) is 24. The highest BCUT2D eigenvalue weighted by molar-refractivity contribution is 7.47. The number of ether oxygens (including phenoxy) is 2. The van der Waals surface area contributed by atoms with Crippen molar-refractivity contribution in [3.8, 4) is 0 Å². The zero-order chi connectivity index (χ0) is 45.0.